The van der Waals surface area contributed by atoms with Gasteiger partial charge in [-0.15, -0.1) is 0 Å². The molecule has 0 unspecified atom stereocenters. The van der Waals surface area contributed by atoms with Crippen molar-refractivity contribution in [1.29, 1.82) is 0 Å². The molecule has 0 atom stereocenters. The van der Waals surface area contributed by atoms with Gasteiger partial charge < -0.3 is 0 Å². The van der Waals surface area contributed by atoms with Crippen molar-refractivity contribution >= 4 is 32.3 Å². The molecule has 0 nitrogen and oxygen atoms in total. The summed E-state index contributed by atoms with van der Waals surface area (Å²) in [6.45, 7) is 0. The minimum Gasteiger partial charge on any atom is -0.0578 e. The summed E-state index contributed by atoms with van der Waals surface area (Å²) in [5, 5.41) is 7.13. The molecule has 0 saturated heterocycles. The quantitative estimate of drug-likeness (QED) is 0.399. The number of benzene rings is 4. The minimum absolute atomic E-state index is 0.346. The van der Waals surface area contributed by atoms with Crippen LogP contribution in [0.25, 0.3) is 32.3 Å². The standard InChI is InChI=1S/C21H12/c1-2-11-8-13-5-6-15-9-14-4-3-12-7-10(1)16-17(11)19(13)21(15)20(14)18(12)16/h1-6H,7-9H2/i7D,8D,9D. The van der Waals surface area contributed by atoms with Gasteiger partial charge in [0.25, 0.3) is 0 Å². The molecule has 0 aliphatic heterocycles. The second-order valence-electron chi connectivity index (χ2n) is 6.42. The van der Waals surface area contributed by atoms with Crippen molar-refractivity contribution in [2.75, 3.05) is 0 Å². The maximum absolute atomic E-state index is 8.71. The molecule has 0 spiro atoms. The third-order valence-electron chi connectivity index (χ3n) is 5.49. The highest BCUT2D eigenvalue weighted by molar-refractivity contribution is 6.33. The number of hydrogen-bond donors (Lipinski definition) is 0. The summed E-state index contributed by atoms with van der Waals surface area (Å²) < 4.78 is 26.1. The Kier molecular flexibility index (Phi) is 0.976. The molecule has 21 heavy (non-hydrogen) atoms. The van der Waals surface area contributed by atoms with Gasteiger partial charge in [-0.3, -0.25) is 0 Å². The summed E-state index contributed by atoms with van der Waals surface area (Å²) in [4.78, 5) is 0. The fraction of sp³-hybridized carbons (Fsp3) is 0.143. The van der Waals surface area contributed by atoms with Crippen molar-refractivity contribution in [2.45, 2.75) is 19.2 Å². The van der Waals surface area contributed by atoms with Gasteiger partial charge in [0.2, 0.25) is 0 Å². The highest BCUT2D eigenvalue weighted by Gasteiger charge is 2.30. The summed E-state index contributed by atoms with van der Waals surface area (Å²) in [5.41, 5.74) is 6.43. The van der Waals surface area contributed by atoms with Crippen molar-refractivity contribution in [3.8, 4) is 0 Å². The van der Waals surface area contributed by atoms with Crippen LogP contribution in [-0.2, 0) is 19.2 Å². The van der Waals surface area contributed by atoms with E-state index in [-0.39, 0.29) is 19.2 Å². The first-order valence-electron chi connectivity index (χ1n) is 9.20. The topological polar surface area (TPSA) is 0 Å². The molecule has 0 saturated carbocycles. The number of hydrogen-bond acceptors (Lipinski definition) is 0. The van der Waals surface area contributed by atoms with Crippen molar-refractivity contribution in [3.05, 3.63) is 69.8 Å². The second kappa shape index (κ2) is 2.69. The van der Waals surface area contributed by atoms with E-state index in [2.05, 4.69) is 36.4 Å². The van der Waals surface area contributed by atoms with Crippen molar-refractivity contribution in [1.82, 2.24) is 0 Å². The zero-order chi connectivity index (χ0) is 15.9. The van der Waals surface area contributed by atoms with Gasteiger partial charge in [0.15, 0.2) is 0 Å². The van der Waals surface area contributed by atoms with Gasteiger partial charge in [-0.05, 0) is 84.9 Å². The third-order valence-corrected chi connectivity index (χ3v) is 5.49. The van der Waals surface area contributed by atoms with Gasteiger partial charge in [-0.1, -0.05) is 36.4 Å². The Hall–Kier alpha value is -2.34. The van der Waals surface area contributed by atoms with E-state index < -0.39 is 0 Å². The molecular weight excluding hydrogens is 252 g/mol. The Labute approximate surface area is 126 Å². The van der Waals surface area contributed by atoms with E-state index in [0.717, 1.165) is 33.4 Å². The number of rotatable bonds is 0. The average molecular weight is 267 g/mol. The van der Waals surface area contributed by atoms with Gasteiger partial charge in [-0.25, -0.2) is 0 Å². The highest BCUT2D eigenvalue weighted by Crippen LogP contribution is 2.52. The van der Waals surface area contributed by atoms with Gasteiger partial charge in [-0.2, -0.15) is 0 Å². The Morgan fingerprint density at radius 3 is 0.810 bits per heavy atom. The maximum Gasteiger partial charge on any atom is 0.0366 e. The Balaban J connectivity index is 1.98. The molecule has 0 N–H and O–H groups in total. The molecule has 4 aromatic rings. The van der Waals surface area contributed by atoms with E-state index in [1.165, 1.54) is 32.3 Å². The zero-order valence-electron chi connectivity index (χ0n) is 14.2. The molecule has 0 amide bonds. The molecule has 0 heteroatoms. The van der Waals surface area contributed by atoms with Gasteiger partial charge in [0.1, 0.15) is 0 Å². The Morgan fingerprint density at radius 1 is 0.429 bits per heavy atom. The Morgan fingerprint density at radius 2 is 0.619 bits per heavy atom. The molecule has 96 valence electrons. The van der Waals surface area contributed by atoms with Crippen molar-refractivity contribution in [2.24, 2.45) is 0 Å². The van der Waals surface area contributed by atoms with Crippen LogP contribution in [0.3, 0.4) is 0 Å². The van der Waals surface area contributed by atoms with Crippen molar-refractivity contribution in [3.63, 3.8) is 0 Å². The SMILES string of the molecule is [2H]C1c2ccc3c4c2c2c1ccc1c2c2c(ccc(c42)C3[2H])C1[2H]. The summed E-state index contributed by atoms with van der Waals surface area (Å²) >= 11 is 0. The minimum atomic E-state index is -0.346. The van der Waals surface area contributed by atoms with Crippen LogP contribution in [0, 0.1) is 0 Å². The molecule has 7 rings (SSSR count). The average Bonchev–Trinajstić information content (AvgIpc) is 3.17. The highest BCUT2D eigenvalue weighted by atomic mass is 14.3. The first-order chi connectivity index (χ1) is 11.7. The van der Waals surface area contributed by atoms with Crippen LogP contribution in [0.2, 0.25) is 0 Å². The van der Waals surface area contributed by atoms with Crippen LogP contribution in [0.5, 0.6) is 0 Å². The van der Waals surface area contributed by atoms with Crippen LogP contribution in [0.4, 0.5) is 0 Å². The van der Waals surface area contributed by atoms with E-state index in [1.807, 2.05) is 0 Å². The lowest BCUT2D eigenvalue weighted by molar-refractivity contribution is 1.24. The van der Waals surface area contributed by atoms with E-state index >= 15 is 0 Å². The lowest BCUT2D eigenvalue weighted by Crippen LogP contribution is -1.83. The van der Waals surface area contributed by atoms with Gasteiger partial charge >= 0.3 is 0 Å². The largest absolute Gasteiger partial charge is 0.0578 e. The lowest BCUT2D eigenvalue weighted by atomic mass is 9.95. The monoisotopic (exact) mass is 267 g/mol. The van der Waals surface area contributed by atoms with Crippen LogP contribution in [0.1, 0.15) is 37.5 Å². The maximum atomic E-state index is 8.71. The molecule has 4 aromatic carbocycles. The van der Waals surface area contributed by atoms with Gasteiger partial charge in [0.05, 0.1) is 0 Å². The summed E-state index contributed by atoms with van der Waals surface area (Å²) in [6, 6.07) is 12.4. The van der Waals surface area contributed by atoms with E-state index in [0.29, 0.717) is 0 Å². The predicted octanol–water partition coefficient (Wildman–Crippen LogP) is 4.86. The first kappa shape index (κ1) is 7.61. The first-order valence-corrected chi connectivity index (χ1v) is 7.46. The Bertz CT molecular complexity index is 1010. The lowest BCUT2D eigenvalue weighted by Gasteiger charge is -2.08. The predicted molar refractivity (Wildman–Crippen MR) is 87.4 cm³/mol. The molecule has 3 aliphatic rings. The van der Waals surface area contributed by atoms with E-state index in [4.69, 9.17) is 4.11 Å². The summed E-state index contributed by atoms with van der Waals surface area (Å²) in [5.74, 6) is 0. The fourth-order valence-electron chi connectivity index (χ4n) is 4.75. The second-order valence-corrected chi connectivity index (χ2v) is 6.42. The molecule has 0 fully saturated rings. The van der Waals surface area contributed by atoms with Crippen LogP contribution in [0.15, 0.2) is 36.4 Å². The summed E-state index contributed by atoms with van der Waals surface area (Å²) in [6.07, 6.45) is -1.04. The van der Waals surface area contributed by atoms with E-state index in [9.17, 15) is 0 Å². The fourth-order valence-corrected chi connectivity index (χ4v) is 4.75. The third kappa shape index (κ3) is 0.820. The van der Waals surface area contributed by atoms with Crippen LogP contribution >= 0.6 is 0 Å². The van der Waals surface area contributed by atoms with Crippen molar-refractivity contribution < 1.29 is 4.11 Å². The molecule has 0 bridgehead atoms. The van der Waals surface area contributed by atoms with E-state index in [1.54, 1.807) is 0 Å². The normalized spacial score (nSPS) is 28.6. The van der Waals surface area contributed by atoms with Crippen LogP contribution in [-0.4, -0.2) is 0 Å². The molecule has 0 aromatic heterocycles. The molecule has 3 aliphatic carbocycles. The summed E-state index contributed by atoms with van der Waals surface area (Å²) in [7, 11) is 0. The zero-order valence-corrected chi connectivity index (χ0v) is 11.2. The van der Waals surface area contributed by atoms with Gasteiger partial charge in [0, 0.05) is 4.11 Å². The molecular formula is C21H12. The smallest absolute Gasteiger partial charge is 0.0366 e. The molecule has 0 radical (unpaired) electrons. The van der Waals surface area contributed by atoms with Crippen LogP contribution < -0.4 is 0 Å². The molecule has 0 heterocycles.